The predicted octanol–water partition coefficient (Wildman–Crippen LogP) is 4.36. The van der Waals surface area contributed by atoms with E-state index in [1.165, 1.54) is 49.4 Å². The highest BCUT2D eigenvalue weighted by atomic mass is 35.5. The van der Waals surface area contributed by atoms with Gasteiger partial charge in [0, 0.05) is 18.7 Å². The average molecular weight is 437 g/mol. The van der Waals surface area contributed by atoms with E-state index < -0.39 is 20.6 Å². The van der Waals surface area contributed by atoms with Crippen LogP contribution in [0.15, 0.2) is 62.3 Å². The number of carbonyl (C=O) groups excluding carboxylic acids is 1. The SMILES string of the molecule is CC(=O)Nc1ccc(S(=O)(=O)C(=Cc2ccc(Cl)o2)c2ccc([N+](=O)[O-])o2)cc1. The fourth-order valence-corrected chi connectivity index (χ4v) is 3.97. The first kappa shape index (κ1) is 20.4. The summed E-state index contributed by atoms with van der Waals surface area (Å²) in [6.07, 6.45) is 1.16. The highest BCUT2D eigenvalue weighted by molar-refractivity contribution is 8.00. The molecule has 0 spiro atoms. The van der Waals surface area contributed by atoms with Crippen LogP contribution in [0.25, 0.3) is 11.0 Å². The van der Waals surface area contributed by atoms with Gasteiger partial charge in [-0.05, 0) is 54.1 Å². The van der Waals surface area contributed by atoms with Gasteiger partial charge in [0.15, 0.2) is 11.0 Å². The average Bonchev–Trinajstić information content (AvgIpc) is 3.28. The van der Waals surface area contributed by atoms with E-state index in [2.05, 4.69) is 5.32 Å². The van der Waals surface area contributed by atoms with Crippen molar-refractivity contribution in [1.29, 1.82) is 0 Å². The van der Waals surface area contributed by atoms with Crippen molar-refractivity contribution in [3.05, 3.63) is 75.4 Å². The molecule has 0 aliphatic carbocycles. The lowest BCUT2D eigenvalue weighted by Crippen LogP contribution is -2.07. The number of benzene rings is 1. The van der Waals surface area contributed by atoms with Gasteiger partial charge < -0.3 is 14.2 Å². The molecule has 0 atom stereocenters. The van der Waals surface area contributed by atoms with Crippen molar-refractivity contribution < 1.29 is 27.0 Å². The fourth-order valence-electron chi connectivity index (χ4n) is 2.42. The van der Waals surface area contributed by atoms with E-state index in [1.54, 1.807) is 0 Å². The quantitative estimate of drug-likeness (QED) is 0.448. The summed E-state index contributed by atoms with van der Waals surface area (Å²) in [6, 6.07) is 10.5. The number of halogens is 1. The molecule has 29 heavy (non-hydrogen) atoms. The molecule has 0 radical (unpaired) electrons. The standard InChI is InChI=1S/C18H13ClN2O7S/c1-11(22)20-12-2-5-14(6-3-12)29(25,26)16(10-13-4-8-17(19)27-13)15-7-9-18(28-15)21(23)24/h2-10H,1H3,(H,20,22). The van der Waals surface area contributed by atoms with Crippen molar-refractivity contribution in [2.75, 3.05) is 5.32 Å². The van der Waals surface area contributed by atoms with Gasteiger partial charge in [0.25, 0.3) is 0 Å². The molecular formula is C18H13ClN2O7S. The van der Waals surface area contributed by atoms with Crippen LogP contribution in [0.4, 0.5) is 11.6 Å². The van der Waals surface area contributed by atoms with Crippen LogP contribution >= 0.6 is 11.6 Å². The zero-order valence-corrected chi connectivity index (χ0v) is 16.4. The van der Waals surface area contributed by atoms with E-state index in [9.17, 15) is 23.3 Å². The second-order valence-electron chi connectivity index (χ2n) is 5.75. The smallest absolute Gasteiger partial charge is 0.433 e. The lowest BCUT2D eigenvalue weighted by Gasteiger charge is -2.08. The number of rotatable bonds is 6. The Hall–Kier alpha value is -3.37. The number of hydrogen-bond donors (Lipinski definition) is 1. The third-order valence-corrected chi connectivity index (χ3v) is 5.65. The van der Waals surface area contributed by atoms with E-state index in [0.717, 1.165) is 12.1 Å². The molecule has 1 amide bonds. The molecule has 0 saturated carbocycles. The second-order valence-corrected chi connectivity index (χ2v) is 8.05. The maximum absolute atomic E-state index is 13.2. The van der Waals surface area contributed by atoms with Crippen LogP contribution in [0.5, 0.6) is 0 Å². The minimum atomic E-state index is -4.17. The van der Waals surface area contributed by atoms with Crippen LogP contribution in [-0.2, 0) is 14.6 Å². The van der Waals surface area contributed by atoms with Crippen LogP contribution in [0, 0.1) is 10.1 Å². The van der Waals surface area contributed by atoms with Crippen LogP contribution in [0.3, 0.4) is 0 Å². The van der Waals surface area contributed by atoms with Gasteiger partial charge in [-0.25, -0.2) is 8.42 Å². The van der Waals surface area contributed by atoms with Crippen molar-refractivity contribution in [2.24, 2.45) is 0 Å². The van der Waals surface area contributed by atoms with E-state index in [1.807, 2.05) is 0 Å². The van der Waals surface area contributed by atoms with E-state index in [4.69, 9.17) is 20.4 Å². The highest BCUT2D eigenvalue weighted by Gasteiger charge is 2.27. The van der Waals surface area contributed by atoms with Gasteiger partial charge in [-0.3, -0.25) is 14.9 Å². The molecule has 3 aromatic rings. The second kappa shape index (κ2) is 7.94. The maximum Gasteiger partial charge on any atom is 0.433 e. The largest absolute Gasteiger partial charge is 0.445 e. The van der Waals surface area contributed by atoms with Gasteiger partial charge in [-0.15, -0.1) is 0 Å². The summed E-state index contributed by atoms with van der Waals surface area (Å²) in [4.78, 5) is 20.8. The molecule has 0 fully saturated rings. The van der Waals surface area contributed by atoms with E-state index >= 15 is 0 Å². The van der Waals surface area contributed by atoms with Gasteiger partial charge in [0.05, 0.1) is 11.0 Å². The van der Waals surface area contributed by atoms with Gasteiger partial charge in [-0.1, -0.05) is 0 Å². The molecule has 150 valence electrons. The summed E-state index contributed by atoms with van der Waals surface area (Å²) in [5.41, 5.74) is 0.411. The summed E-state index contributed by atoms with van der Waals surface area (Å²) in [5.74, 6) is -1.05. The van der Waals surface area contributed by atoms with Crippen molar-refractivity contribution in [2.45, 2.75) is 11.8 Å². The Morgan fingerprint density at radius 1 is 1.10 bits per heavy atom. The Bertz CT molecular complexity index is 1210. The van der Waals surface area contributed by atoms with Crippen molar-refractivity contribution in [3.63, 3.8) is 0 Å². The number of anilines is 1. The molecule has 0 unspecified atom stereocenters. The molecule has 1 N–H and O–H groups in total. The van der Waals surface area contributed by atoms with Gasteiger partial charge >= 0.3 is 5.88 Å². The number of sulfone groups is 1. The highest BCUT2D eigenvalue weighted by Crippen LogP contribution is 2.34. The van der Waals surface area contributed by atoms with Crippen LogP contribution < -0.4 is 5.32 Å². The van der Waals surface area contributed by atoms with Crippen LogP contribution in [-0.4, -0.2) is 19.2 Å². The van der Waals surface area contributed by atoms with Crippen molar-refractivity contribution >= 4 is 49.9 Å². The van der Waals surface area contributed by atoms with Gasteiger partial charge in [0.1, 0.15) is 15.6 Å². The molecule has 2 aromatic heterocycles. The van der Waals surface area contributed by atoms with Crippen LogP contribution in [0.2, 0.25) is 5.22 Å². The topological polar surface area (TPSA) is 133 Å². The maximum atomic E-state index is 13.2. The number of hydrogen-bond acceptors (Lipinski definition) is 7. The molecule has 0 bridgehead atoms. The number of furan rings is 2. The first-order chi connectivity index (χ1) is 13.7. The van der Waals surface area contributed by atoms with E-state index in [0.29, 0.717) is 5.69 Å². The first-order valence-corrected chi connectivity index (χ1v) is 9.87. The molecule has 0 saturated heterocycles. The molecule has 3 rings (SSSR count). The Labute approximate surface area is 169 Å². The number of nitrogens with one attached hydrogen (secondary N) is 1. The normalized spacial score (nSPS) is 12.0. The third-order valence-electron chi connectivity index (χ3n) is 3.66. The molecule has 1 aromatic carbocycles. The van der Waals surface area contributed by atoms with E-state index in [-0.39, 0.29) is 32.4 Å². The molecule has 0 aliphatic rings. The zero-order chi connectivity index (χ0) is 21.2. The molecule has 9 nitrogen and oxygen atoms in total. The Morgan fingerprint density at radius 3 is 2.31 bits per heavy atom. The minimum Gasteiger partial charge on any atom is -0.445 e. The third kappa shape index (κ3) is 4.55. The summed E-state index contributed by atoms with van der Waals surface area (Å²) < 4.78 is 36.7. The molecule has 11 heteroatoms. The van der Waals surface area contributed by atoms with Crippen molar-refractivity contribution in [3.8, 4) is 0 Å². The Balaban J connectivity index is 2.10. The Morgan fingerprint density at radius 2 is 1.79 bits per heavy atom. The summed E-state index contributed by atoms with van der Waals surface area (Å²) in [6.45, 7) is 1.32. The zero-order valence-electron chi connectivity index (χ0n) is 14.8. The summed E-state index contributed by atoms with van der Waals surface area (Å²) in [7, 11) is -4.17. The van der Waals surface area contributed by atoms with Crippen LogP contribution in [0.1, 0.15) is 18.4 Å². The van der Waals surface area contributed by atoms with Gasteiger partial charge in [-0.2, -0.15) is 0 Å². The fraction of sp³-hybridized carbons (Fsp3) is 0.0556. The number of nitro groups is 1. The predicted molar refractivity (Wildman–Crippen MR) is 105 cm³/mol. The first-order valence-electron chi connectivity index (χ1n) is 8.01. The number of nitrogens with zero attached hydrogens (tertiary/aromatic N) is 1. The minimum absolute atomic E-state index is 0.0399. The lowest BCUT2D eigenvalue weighted by atomic mass is 10.3. The van der Waals surface area contributed by atoms with Gasteiger partial charge in [0.2, 0.25) is 15.7 Å². The molecule has 2 heterocycles. The number of carbonyl (C=O) groups is 1. The molecular weight excluding hydrogens is 424 g/mol. The number of amides is 1. The summed E-state index contributed by atoms with van der Waals surface area (Å²) in [5, 5.41) is 13.5. The lowest BCUT2D eigenvalue weighted by molar-refractivity contribution is -0.402. The monoisotopic (exact) mass is 436 g/mol. The molecule has 0 aliphatic heterocycles. The van der Waals surface area contributed by atoms with Crippen molar-refractivity contribution in [1.82, 2.24) is 0 Å². The Kier molecular flexibility index (Phi) is 5.57. The summed E-state index contributed by atoms with van der Waals surface area (Å²) >= 11 is 5.73.